The van der Waals surface area contributed by atoms with Gasteiger partial charge >= 0.3 is 0 Å². The second-order valence-electron chi connectivity index (χ2n) is 3.98. The average Bonchev–Trinajstić information content (AvgIpc) is 2.64. The summed E-state index contributed by atoms with van der Waals surface area (Å²) in [7, 11) is 0. The molecule has 3 nitrogen and oxygen atoms in total. The fraction of sp³-hybridized carbons (Fsp3) is 0.250. The quantitative estimate of drug-likeness (QED) is 0.894. The molecule has 0 amide bonds. The van der Waals surface area contributed by atoms with E-state index in [1.165, 1.54) is 12.1 Å². The first kappa shape index (κ1) is 12.1. The highest BCUT2D eigenvalue weighted by atomic mass is 35.5. The van der Waals surface area contributed by atoms with Crippen molar-refractivity contribution in [1.29, 1.82) is 0 Å². The minimum Gasteiger partial charge on any atom is -0.324 e. The summed E-state index contributed by atoms with van der Waals surface area (Å²) in [5.41, 5.74) is 8.30. The Hall–Kier alpha value is -1.39. The van der Waals surface area contributed by atoms with Gasteiger partial charge in [0.15, 0.2) is 0 Å². The molecule has 0 aliphatic rings. The largest absolute Gasteiger partial charge is 0.324 e. The predicted molar refractivity (Wildman–Crippen MR) is 65.9 cm³/mol. The fourth-order valence-corrected chi connectivity index (χ4v) is 1.86. The van der Waals surface area contributed by atoms with Crippen LogP contribution in [0.3, 0.4) is 0 Å². The van der Waals surface area contributed by atoms with Gasteiger partial charge in [-0.05, 0) is 26.0 Å². The molecule has 0 aliphatic heterocycles. The van der Waals surface area contributed by atoms with Gasteiger partial charge in [0.25, 0.3) is 0 Å². The molecular formula is C12H13ClFN3. The van der Waals surface area contributed by atoms with Crippen LogP contribution in [0.15, 0.2) is 24.4 Å². The van der Waals surface area contributed by atoms with Crippen molar-refractivity contribution in [2.75, 3.05) is 0 Å². The molecule has 1 aromatic carbocycles. The number of halogens is 2. The van der Waals surface area contributed by atoms with Crippen molar-refractivity contribution in [3.63, 3.8) is 0 Å². The lowest BCUT2D eigenvalue weighted by Gasteiger charge is -2.07. The van der Waals surface area contributed by atoms with Crippen LogP contribution in [0.2, 0.25) is 5.02 Å². The lowest BCUT2D eigenvalue weighted by atomic mass is 10.1. The number of hydrogen-bond donors (Lipinski definition) is 1. The van der Waals surface area contributed by atoms with Crippen molar-refractivity contribution < 1.29 is 4.39 Å². The molecule has 17 heavy (non-hydrogen) atoms. The monoisotopic (exact) mass is 253 g/mol. The van der Waals surface area contributed by atoms with E-state index in [1.807, 2.05) is 13.8 Å². The van der Waals surface area contributed by atoms with Crippen LogP contribution < -0.4 is 5.73 Å². The van der Waals surface area contributed by atoms with Crippen LogP contribution in [-0.4, -0.2) is 9.78 Å². The highest BCUT2D eigenvalue weighted by molar-refractivity contribution is 6.30. The van der Waals surface area contributed by atoms with Gasteiger partial charge in [-0.3, -0.25) is 0 Å². The molecule has 1 heterocycles. The maximum Gasteiger partial charge on any atom is 0.143 e. The molecule has 90 valence electrons. The summed E-state index contributed by atoms with van der Waals surface area (Å²) >= 11 is 5.64. The highest BCUT2D eigenvalue weighted by Crippen LogP contribution is 2.21. The lowest BCUT2D eigenvalue weighted by molar-refractivity contribution is 0.625. The summed E-state index contributed by atoms with van der Waals surface area (Å²) in [5.74, 6) is -0.457. The fourth-order valence-electron chi connectivity index (χ4n) is 1.75. The van der Waals surface area contributed by atoms with Crippen LogP contribution in [0, 0.1) is 12.7 Å². The molecule has 0 aliphatic carbocycles. The molecule has 0 spiro atoms. The highest BCUT2D eigenvalue weighted by Gasteiger charge is 2.12. The summed E-state index contributed by atoms with van der Waals surface area (Å²) in [6, 6.07) is 4.49. The Labute approximate surface area is 104 Å². The van der Waals surface area contributed by atoms with Gasteiger partial charge in [0.05, 0.1) is 16.9 Å². The standard InChI is InChI=1S/C12H13ClFN3/c1-7(15)10-6-16-17(8(10)2)9-3-4-11(13)12(14)5-9/h3-7H,15H2,1-2H3. The van der Waals surface area contributed by atoms with Crippen LogP contribution in [0.25, 0.3) is 5.69 Å². The Kier molecular flexibility index (Phi) is 3.17. The van der Waals surface area contributed by atoms with E-state index in [2.05, 4.69) is 5.10 Å². The van der Waals surface area contributed by atoms with Crippen LogP contribution >= 0.6 is 11.6 Å². The molecule has 2 N–H and O–H groups in total. The van der Waals surface area contributed by atoms with Crippen molar-refractivity contribution in [2.24, 2.45) is 5.73 Å². The van der Waals surface area contributed by atoms with E-state index in [4.69, 9.17) is 17.3 Å². The van der Waals surface area contributed by atoms with Gasteiger partial charge in [0, 0.05) is 23.4 Å². The Morgan fingerprint density at radius 1 is 1.47 bits per heavy atom. The summed E-state index contributed by atoms with van der Waals surface area (Å²) in [4.78, 5) is 0. The Morgan fingerprint density at radius 2 is 2.18 bits per heavy atom. The van der Waals surface area contributed by atoms with Crippen molar-refractivity contribution in [3.05, 3.63) is 46.5 Å². The molecule has 0 bridgehead atoms. The summed E-state index contributed by atoms with van der Waals surface area (Å²) in [5, 5.41) is 4.31. The van der Waals surface area contributed by atoms with Crippen LogP contribution in [-0.2, 0) is 0 Å². The molecule has 0 saturated heterocycles. The first-order valence-corrected chi connectivity index (χ1v) is 5.64. The average molecular weight is 254 g/mol. The number of benzene rings is 1. The predicted octanol–water partition coefficient (Wildman–Crippen LogP) is 2.99. The van der Waals surface area contributed by atoms with Gasteiger partial charge < -0.3 is 5.73 Å². The van der Waals surface area contributed by atoms with Crippen LogP contribution in [0.5, 0.6) is 0 Å². The molecule has 0 radical (unpaired) electrons. The lowest BCUT2D eigenvalue weighted by Crippen LogP contribution is -2.07. The van der Waals surface area contributed by atoms with E-state index in [0.717, 1.165) is 11.3 Å². The first-order valence-electron chi connectivity index (χ1n) is 5.26. The van der Waals surface area contributed by atoms with E-state index in [9.17, 15) is 4.39 Å². The van der Waals surface area contributed by atoms with E-state index in [-0.39, 0.29) is 11.1 Å². The topological polar surface area (TPSA) is 43.8 Å². The molecular weight excluding hydrogens is 241 g/mol. The molecule has 2 aromatic rings. The zero-order valence-corrected chi connectivity index (χ0v) is 10.4. The van der Waals surface area contributed by atoms with Gasteiger partial charge in [-0.25, -0.2) is 9.07 Å². The van der Waals surface area contributed by atoms with Crippen LogP contribution in [0.1, 0.15) is 24.2 Å². The third kappa shape index (κ3) is 2.18. The van der Waals surface area contributed by atoms with Crippen molar-refractivity contribution >= 4 is 11.6 Å². The molecule has 0 fully saturated rings. The Morgan fingerprint density at radius 3 is 2.71 bits per heavy atom. The molecule has 1 unspecified atom stereocenters. The van der Waals surface area contributed by atoms with Crippen LogP contribution in [0.4, 0.5) is 4.39 Å². The zero-order valence-electron chi connectivity index (χ0n) is 9.61. The summed E-state index contributed by atoms with van der Waals surface area (Å²) < 4.78 is 15.0. The van der Waals surface area contributed by atoms with Gasteiger partial charge in [-0.2, -0.15) is 5.10 Å². The van der Waals surface area contributed by atoms with Gasteiger partial charge in [0.2, 0.25) is 0 Å². The Bertz CT molecular complexity index is 549. The second kappa shape index (κ2) is 4.47. The molecule has 1 atom stereocenters. The summed E-state index contributed by atoms with van der Waals surface area (Å²) in [6.45, 7) is 3.79. The third-order valence-corrected chi connectivity index (χ3v) is 2.99. The molecule has 2 rings (SSSR count). The number of rotatable bonds is 2. The SMILES string of the molecule is Cc1c(C(C)N)cnn1-c1ccc(Cl)c(F)c1. The third-order valence-electron chi connectivity index (χ3n) is 2.69. The second-order valence-corrected chi connectivity index (χ2v) is 4.39. The molecule has 0 saturated carbocycles. The normalized spacial score (nSPS) is 12.8. The van der Waals surface area contributed by atoms with Crippen molar-refractivity contribution in [3.8, 4) is 5.69 Å². The minimum atomic E-state index is -0.457. The zero-order chi connectivity index (χ0) is 12.6. The van der Waals surface area contributed by atoms with Gasteiger partial charge in [-0.1, -0.05) is 11.6 Å². The van der Waals surface area contributed by atoms with E-state index >= 15 is 0 Å². The van der Waals surface area contributed by atoms with E-state index < -0.39 is 5.82 Å². The molecule has 1 aromatic heterocycles. The first-order chi connectivity index (χ1) is 8.00. The van der Waals surface area contributed by atoms with Gasteiger partial charge in [0.1, 0.15) is 5.82 Å². The number of nitrogens with two attached hydrogens (primary N) is 1. The summed E-state index contributed by atoms with van der Waals surface area (Å²) in [6.07, 6.45) is 1.70. The minimum absolute atomic E-state index is 0.0964. The maximum absolute atomic E-state index is 13.4. The maximum atomic E-state index is 13.4. The smallest absolute Gasteiger partial charge is 0.143 e. The van der Waals surface area contributed by atoms with Crippen molar-refractivity contribution in [2.45, 2.75) is 19.9 Å². The van der Waals surface area contributed by atoms with Crippen molar-refractivity contribution in [1.82, 2.24) is 9.78 Å². The Balaban J connectivity index is 2.50. The molecule has 5 heteroatoms. The number of nitrogens with zero attached hydrogens (tertiary/aromatic N) is 2. The number of aromatic nitrogens is 2. The van der Waals surface area contributed by atoms with E-state index in [0.29, 0.717) is 5.69 Å². The van der Waals surface area contributed by atoms with Gasteiger partial charge in [-0.15, -0.1) is 0 Å². The number of hydrogen-bond acceptors (Lipinski definition) is 2. The van der Waals surface area contributed by atoms with E-state index in [1.54, 1.807) is 16.9 Å².